The van der Waals surface area contributed by atoms with Crippen molar-refractivity contribution in [3.05, 3.63) is 17.5 Å². The number of hydrogen-bond donors (Lipinski definition) is 0. The molecule has 1 rings (SSSR count). The number of nitriles is 1. The van der Waals surface area contributed by atoms with E-state index in [2.05, 4.69) is 11.2 Å². The summed E-state index contributed by atoms with van der Waals surface area (Å²) in [6.45, 7) is 5.51. The first-order valence-electron chi connectivity index (χ1n) is 5.05. The lowest BCUT2D eigenvalue weighted by atomic mass is 9.86. The fourth-order valence-corrected chi connectivity index (χ4v) is 1.36. The molecule has 16 heavy (non-hydrogen) atoms. The van der Waals surface area contributed by atoms with Gasteiger partial charge in [-0.15, -0.1) is 0 Å². The minimum Gasteiger partial charge on any atom is -0.461 e. The maximum Gasteiger partial charge on any atom is 0.359 e. The first kappa shape index (κ1) is 12.2. The SMILES string of the molecule is CCOC(=O)c1nn(C)cc1C(C)(C)C#N. The van der Waals surface area contributed by atoms with Crippen molar-refractivity contribution >= 4 is 5.97 Å². The first-order chi connectivity index (χ1) is 7.42. The van der Waals surface area contributed by atoms with Gasteiger partial charge in [-0.25, -0.2) is 4.79 Å². The van der Waals surface area contributed by atoms with Gasteiger partial charge in [0, 0.05) is 18.8 Å². The Morgan fingerprint density at radius 1 is 1.69 bits per heavy atom. The number of hydrogen-bond acceptors (Lipinski definition) is 4. The highest BCUT2D eigenvalue weighted by atomic mass is 16.5. The molecule has 1 aromatic rings. The molecule has 0 saturated heterocycles. The first-order valence-corrected chi connectivity index (χ1v) is 5.05. The van der Waals surface area contributed by atoms with E-state index in [9.17, 15) is 4.79 Å². The van der Waals surface area contributed by atoms with Crippen LogP contribution in [0.4, 0.5) is 0 Å². The van der Waals surface area contributed by atoms with Crippen molar-refractivity contribution in [2.24, 2.45) is 7.05 Å². The summed E-state index contributed by atoms with van der Waals surface area (Å²) in [5.41, 5.74) is 0.0583. The lowest BCUT2D eigenvalue weighted by Crippen LogP contribution is -2.18. The molecule has 1 aromatic heterocycles. The van der Waals surface area contributed by atoms with Crippen molar-refractivity contribution in [1.29, 1.82) is 5.26 Å². The van der Waals surface area contributed by atoms with E-state index in [-0.39, 0.29) is 5.69 Å². The number of esters is 1. The lowest BCUT2D eigenvalue weighted by Gasteiger charge is -2.14. The van der Waals surface area contributed by atoms with E-state index in [0.717, 1.165) is 0 Å². The monoisotopic (exact) mass is 221 g/mol. The second-order valence-corrected chi connectivity index (χ2v) is 4.02. The number of carbonyl (C=O) groups is 1. The Labute approximate surface area is 94.6 Å². The fourth-order valence-electron chi connectivity index (χ4n) is 1.36. The van der Waals surface area contributed by atoms with Gasteiger partial charge >= 0.3 is 5.97 Å². The van der Waals surface area contributed by atoms with E-state index in [1.54, 1.807) is 34.0 Å². The zero-order chi connectivity index (χ0) is 12.3. The largest absolute Gasteiger partial charge is 0.461 e. The van der Waals surface area contributed by atoms with E-state index >= 15 is 0 Å². The van der Waals surface area contributed by atoms with E-state index in [1.807, 2.05) is 0 Å². The third-order valence-electron chi connectivity index (χ3n) is 2.25. The van der Waals surface area contributed by atoms with Crippen LogP contribution in [0.25, 0.3) is 0 Å². The maximum absolute atomic E-state index is 11.6. The molecule has 1 heterocycles. The standard InChI is InChI=1S/C11H15N3O2/c1-5-16-10(15)9-8(6-14(4)13-9)11(2,3)7-12/h6H,5H2,1-4H3. The summed E-state index contributed by atoms with van der Waals surface area (Å²) in [6.07, 6.45) is 1.68. The van der Waals surface area contributed by atoms with E-state index in [1.165, 1.54) is 4.68 Å². The molecule has 0 amide bonds. The molecule has 0 atom stereocenters. The molecular weight excluding hydrogens is 206 g/mol. The number of ether oxygens (including phenoxy) is 1. The Kier molecular flexibility index (Phi) is 3.33. The molecule has 0 aromatic carbocycles. The second-order valence-electron chi connectivity index (χ2n) is 4.02. The molecule has 86 valence electrons. The number of aryl methyl sites for hydroxylation is 1. The van der Waals surface area contributed by atoms with Crippen LogP contribution >= 0.6 is 0 Å². The van der Waals surface area contributed by atoms with Crippen LogP contribution in [-0.4, -0.2) is 22.4 Å². The molecule has 5 nitrogen and oxygen atoms in total. The third kappa shape index (κ3) is 2.22. The van der Waals surface area contributed by atoms with E-state index in [0.29, 0.717) is 12.2 Å². The van der Waals surface area contributed by atoms with E-state index < -0.39 is 11.4 Å². The lowest BCUT2D eigenvalue weighted by molar-refractivity contribution is 0.0516. The molecule has 0 fully saturated rings. The van der Waals surface area contributed by atoms with Gasteiger partial charge in [0.15, 0.2) is 5.69 Å². The quantitative estimate of drug-likeness (QED) is 0.723. The highest BCUT2D eigenvalue weighted by molar-refractivity contribution is 5.89. The minimum absolute atomic E-state index is 0.218. The summed E-state index contributed by atoms with van der Waals surface area (Å²) in [5.74, 6) is -0.485. The van der Waals surface area contributed by atoms with Crippen LogP contribution in [0.2, 0.25) is 0 Å². The van der Waals surface area contributed by atoms with Gasteiger partial charge in [0.05, 0.1) is 18.1 Å². The number of aromatic nitrogens is 2. The zero-order valence-corrected chi connectivity index (χ0v) is 9.94. The summed E-state index contributed by atoms with van der Waals surface area (Å²) in [7, 11) is 1.71. The predicted octanol–water partition coefficient (Wildman–Crippen LogP) is 1.40. The van der Waals surface area contributed by atoms with Crippen LogP contribution < -0.4 is 0 Å². The Morgan fingerprint density at radius 3 is 2.81 bits per heavy atom. The highest BCUT2D eigenvalue weighted by Crippen LogP contribution is 2.25. The van der Waals surface area contributed by atoms with Crippen molar-refractivity contribution in [3.8, 4) is 6.07 Å². The van der Waals surface area contributed by atoms with Crippen LogP contribution in [-0.2, 0) is 17.2 Å². The van der Waals surface area contributed by atoms with Crippen LogP contribution in [0.3, 0.4) is 0 Å². The Bertz CT molecular complexity index is 441. The van der Waals surface area contributed by atoms with Gasteiger partial charge in [-0.2, -0.15) is 10.4 Å². The maximum atomic E-state index is 11.6. The van der Waals surface area contributed by atoms with Gasteiger partial charge in [0.25, 0.3) is 0 Å². The Morgan fingerprint density at radius 2 is 2.31 bits per heavy atom. The highest BCUT2D eigenvalue weighted by Gasteiger charge is 2.29. The minimum atomic E-state index is -0.754. The van der Waals surface area contributed by atoms with Gasteiger partial charge in [-0.1, -0.05) is 0 Å². The van der Waals surface area contributed by atoms with E-state index in [4.69, 9.17) is 10.00 Å². The summed E-state index contributed by atoms with van der Waals surface area (Å²) < 4.78 is 6.41. The molecule has 0 spiro atoms. The molecule has 0 radical (unpaired) electrons. The fraction of sp³-hybridized carbons (Fsp3) is 0.545. The molecule has 0 unspecified atom stereocenters. The summed E-state index contributed by atoms with van der Waals surface area (Å²) in [5, 5.41) is 13.1. The van der Waals surface area contributed by atoms with Crippen LogP contribution in [0.5, 0.6) is 0 Å². The van der Waals surface area contributed by atoms with Crippen molar-refractivity contribution in [2.45, 2.75) is 26.2 Å². The number of carbonyl (C=O) groups excluding carboxylic acids is 1. The molecular formula is C11H15N3O2. The molecule has 0 saturated carbocycles. The molecule has 5 heteroatoms. The molecule has 0 aliphatic carbocycles. The smallest absolute Gasteiger partial charge is 0.359 e. The second kappa shape index (κ2) is 4.35. The van der Waals surface area contributed by atoms with Crippen molar-refractivity contribution in [3.63, 3.8) is 0 Å². The average molecular weight is 221 g/mol. The zero-order valence-electron chi connectivity index (χ0n) is 9.94. The predicted molar refractivity (Wildman–Crippen MR) is 57.8 cm³/mol. The summed E-state index contributed by atoms with van der Waals surface area (Å²) in [4.78, 5) is 11.6. The number of rotatable bonds is 3. The van der Waals surface area contributed by atoms with Gasteiger partial charge in [0.1, 0.15) is 0 Å². The molecule has 0 aliphatic heterocycles. The summed E-state index contributed by atoms with van der Waals surface area (Å²) in [6, 6.07) is 2.15. The third-order valence-corrected chi connectivity index (χ3v) is 2.25. The van der Waals surface area contributed by atoms with Gasteiger partial charge < -0.3 is 4.74 Å². The number of nitrogens with zero attached hydrogens (tertiary/aromatic N) is 3. The van der Waals surface area contributed by atoms with Crippen LogP contribution in [0.15, 0.2) is 6.20 Å². The molecule has 0 aliphatic rings. The summed E-state index contributed by atoms with van der Waals surface area (Å²) >= 11 is 0. The average Bonchev–Trinajstić information content (AvgIpc) is 2.61. The normalized spacial score (nSPS) is 10.9. The van der Waals surface area contributed by atoms with Crippen molar-refractivity contribution in [1.82, 2.24) is 9.78 Å². The van der Waals surface area contributed by atoms with Crippen LogP contribution in [0, 0.1) is 11.3 Å². The van der Waals surface area contributed by atoms with Crippen LogP contribution in [0.1, 0.15) is 36.8 Å². The Balaban J connectivity index is 3.21. The molecule has 0 bridgehead atoms. The molecule has 0 N–H and O–H groups in total. The van der Waals surface area contributed by atoms with Gasteiger partial charge in [-0.05, 0) is 20.8 Å². The van der Waals surface area contributed by atoms with Crippen molar-refractivity contribution in [2.75, 3.05) is 6.61 Å². The van der Waals surface area contributed by atoms with Gasteiger partial charge in [-0.3, -0.25) is 4.68 Å². The topological polar surface area (TPSA) is 67.9 Å². The van der Waals surface area contributed by atoms with Crippen molar-refractivity contribution < 1.29 is 9.53 Å². The Hall–Kier alpha value is -1.83. The van der Waals surface area contributed by atoms with Gasteiger partial charge in [0.2, 0.25) is 0 Å².